The van der Waals surface area contributed by atoms with Crippen LogP contribution in [0, 0.1) is 5.82 Å². The summed E-state index contributed by atoms with van der Waals surface area (Å²) in [5, 5.41) is 13.5. The van der Waals surface area contributed by atoms with Gasteiger partial charge in [-0.15, -0.1) is 10.2 Å². The second-order valence-corrected chi connectivity index (χ2v) is 8.20. The van der Waals surface area contributed by atoms with Crippen molar-refractivity contribution in [3.8, 4) is 16.3 Å². The molecule has 0 radical (unpaired) electrons. The fourth-order valence-electron chi connectivity index (χ4n) is 3.55. The van der Waals surface area contributed by atoms with Gasteiger partial charge in [-0.05, 0) is 42.7 Å². The molecule has 2 aromatic carbocycles. The molecule has 156 valence electrons. The Morgan fingerprint density at radius 3 is 2.63 bits per heavy atom. The predicted octanol–water partition coefficient (Wildman–Crippen LogP) is 4.44. The Morgan fingerprint density at radius 2 is 1.90 bits per heavy atom. The van der Waals surface area contributed by atoms with Crippen molar-refractivity contribution in [2.75, 3.05) is 20.2 Å². The topological polar surface area (TPSA) is 67.4 Å². The van der Waals surface area contributed by atoms with Crippen LogP contribution >= 0.6 is 11.3 Å². The first-order chi connectivity index (χ1) is 14.6. The van der Waals surface area contributed by atoms with Crippen LogP contribution < -0.4 is 10.1 Å². The summed E-state index contributed by atoms with van der Waals surface area (Å²) in [6.07, 6.45) is 1.70. The molecule has 1 saturated heterocycles. The molecule has 2 heterocycles. The van der Waals surface area contributed by atoms with Crippen LogP contribution in [-0.2, 0) is 6.54 Å². The summed E-state index contributed by atoms with van der Waals surface area (Å²) in [7, 11) is 1.65. The molecule has 8 heteroatoms. The number of methoxy groups -OCH3 is 1. The number of nitrogens with zero attached hydrogens (tertiary/aromatic N) is 3. The quantitative estimate of drug-likeness (QED) is 0.655. The fraction of sp³-hybridized carbons (Fsp3) is 0.318. The number of ether oxygens (including phenoxy) is 1. The average Bonchev–Trinajstić information content (AvgIpc) is 3.28. The Hall–Kier alpha value is -3.00. The number of likely N-dealkylation sites (tertiary alicyclic amines) is 1. The van der Waals surface area contributed by atoms with E-state index in [4.69, 9.17) is 4.74 Å². The molecule has 1 aliphatic rings. The van der Waals surface area contributed by atoms with Gasteiger partial charge in [-0.2, -0.15) is 0 Å². The van der Waals surface area contributed by atoms with E-state index in [0.717, 1.165) is 39.7 Å². The predicted molar refractivity (Wildman–Crippen MR) is 114 cm³/mol. The lowest BCUT2D eigenvalue weighted by atomic mass is 9.98. The Bertz CT molecular complexity index is 1000. The minimum absolute atomic E-state index is 0.0928. The highest BCUT2D eigenvalue weighted by atomic mass is 32.1. The van der Waals surface area contributed by atoms with Crippen LogP contribution in [0.25, 0.3) is 10.6 Å². The smallest absolute Gasteiger partial charge is 0.317 e. The third-order valence-electron chi connectivity index (χ3n) is 5.27. The van der Waals surface area contributed by atoms with Crippen molar-refractivity contribution in [3.63, 3.8) is 0 Å². The summed E-state index contributed by atoms with van der Waals surface area (Å²) < 4.78 is 18.4. The number of nitrogens with one attached hydrogen (secondary N) is 1. The van der Waals surface area contributed by atoms with Gasteiger partial charge in [0.05, 0.1) is 12.7 Å². The van der Waals surface area contributed by atoms with Crippen LogP contribution in [-0.4, -0.2) is 41.3 Å². The second kappa shape index (κ2) is 9.21. The number of urea groups is 1. The van der Waals surface area contributed by atoms with Gasteiger partial charge in [0.25, 0.3) is 0 Å². The number of carbonyl (C=O) groups is 1. The Labute approximate surface area is 178 Å². The van der Waals surface area contributed by atoms with Crippen molar-refractivity contribution in [3.05, 3.63) is 64.9 Å². The SMILES string of the molecule is COc1ccccc1-c1nnc(C2CCN(C(=O)NCc3ccc(F)cc3)CC2)s1. The molecule has 0 aliphatic carbocycles. The van der Waals surface area contributed by atoms with Gasteiger partial charge < -0.3 is 15.0 Å². The number of aromatic nitrogens is 2. The summed E-state index contributed by atoms with van der Waals surface area (Å²) in [5.74, 6) is 0.803. The minimum Gasteiger partial charge on any atom is -0.496 e. The highest BCUT2D eigenvalue weighted by Gasteiger charge is 2.26. The lowest BCUT2D eigenvalue weighted by molar-refractivity contribution is 0.181. The number of amides is 2. The van der Waals surface area contributed by atoms with E-state index >= 15 is 0 Å². The van der Waals surface area contributed by atoms with Gasteiger partial charge in [0.15, 0.2) is 5.01 Å². The van der Waals surface area contributed by atoms with E-state index in [-0.39, 0.29) is 11.8 Å². The van der Waals surface area contributed by atoms with Crippen molar-refractivity contribution < 1.29 is 13.9 Å². The lowest BCUT2D eigenvalue weighted by Gasteiger charge is -2.31. The Balaban J connectivity index is 1.32. The van der Waals surface area contributed by atoms with E-state index in [1.807, 2.05) is 29.2 Å². The highest BCUT2D eigenvalue weighted by molar-refractivity contribution is 7.14. The van der Waals surface area contributed by atoms with E-state index in [9.17, 15) is 9.18 Å². The van der Waals surface area contributed by atoms with Crippen LogP contribution in [0.4, 0.5) is 9.18 Å². The third kappa shape index (κ3) is 4.59. The number of hydrogen-bond donors (Lipinski definition) is 1. The van der Waals surface area contributed by atoms with Crippen LogP contribution in [0.5, 0.6) is 5.75 Å². The van der Waals surface area contributed by atoms with Gasteiger partial charge in [-0.25, -0.2) is 9.18 Å². The molecule has 1 fully saturated rings. The zero-order chi connectivity index (χ0) is 20.9. The van der Waals surface area contributed by atoms with Crippen LogP contribution in [0.3, 0.4) is 0 Å². The van der Waals surface area contributed by atoms with E-state index in [2.05, 4.69) is 15.5 Å². The molecule has 0 bridgehead atoms. The van der Waals surface area contributed by atoms with Gasteiger partial charge in [-0.1, -0.05) is 35.6 Å². The molecular weight excluding hydrogens is 403 g/mol. The Kier molecular flexibility index (Phi) is 6.23. The summed E-state index contributed by atoms with van der Waals surface area (Å²) in [6, 6.07) is 13.8. The van der Waals surface area contributed by atoms with Crippen molar-refractivity contribution >= 4 is 17.4 Å². The molecule has 3 aromatic rings. The van der Waals surface area contributed by atoms with Gasteiger partial charge in [-0.3, -0.25) is 0 Å². The molecule has 6 nitrogen and oxygen atoms in total. The van der Waals surface area contributed by atoms with Crippen LogP contribution in [0.15, 0.2) is 48.5 Å². The standard InChI is InChI=1S/C22H23FN4O2S/c1-29-19-5-3-2-4-18(19)21-26-25-20(30-21)16-10-12-27(13-11-16)22(28)24-14-15-6-8-17(23)9-7-15/h2-9,16H,10-14H2,1H3,(H,24,28). The number of hydrogen-bond acceptors (Lipinski definition) is 5. The summed E-state index contributed by atoms with van der Waals surface area (Å²) in [4.78, 5) is 14.3. The molecule has 0 atom stereocenters. The first-order valence-electron chi connectivity index (χ1n) is 9.88. The van der Waals surface area contributed by atoms with Gasteiger partial charge >= 0.3 is 6.03 Å². The molecule has 1 aromatic heterocycles. The number of para-hydroxylation sites is 1. The van der Waals surface area contributed by atoms with Gasteiger partial charge in [0.2, 0.25) is 0 Å². The number of rotatable bonds is 5. The summed E-state index contributed by atoms with van der Waals surface area (Å²) >= 11 is 1.59. The normalized spacial score (nSPS) is 14.5. The minimum atomic E-state index is -0.280. The maximum Gasteiger partial charge on any atom is 0.317 e. The zero-order valence-electron chi connectivity index (χ0n) is 16.7. The number of carbonyl (C=O) groups excluding carboxylic acids is 1. The van der Waals surface area contributed by atoms with Crippen molar-refractivity contribution in [2.45, 2.75) is 25.3 Å². The molecule has 0 saturated carbocycles. The molecule has 0 spiro atoms. The van der Waals surface area contributed by atoms with E-state index < -0.39 is 0 Å². The molecule has 0 unspecified atom stereocenters. The molecular formula is C22H23FN4O2S. The lowest BCUT2D eigenvalue weighted by Crippen LogP contribution is -2.43. The van der Waals surface area contributed by atoms with E-state index in [0.29, 0.717) is 25.6 Å². The maximum atomic E-state index is 13.0. The maximum absolute atomic E-state index is 13.0. The summed E-state index contributed by atoms with van der Waals surface area (Å²) in [6.45, 7) is 1.73. The molecule has 2 amide bonds. The van der Waals surface area contributed by atoms with Gasteiger partial charge in [0, 0.05) is 25.6 Å². The molecule has 1 aliphatic heterocycles. The molecule has 30 heavy (non-hydrogen) atoms. The number of piperidine rings is 1. The van der Waals surface area contributed by atoms with Crippen molar-refractivity contribution in [1.29, 1.82) is 0 Å². The molecule has 4 rings (SSSR count). The van der Waals surface area contributed by atoms with Crippen LogP contribution in [0.2, 0.25) is 0 Å². The second-order valence-electron chi connectivity index (χ2n) is 7.19. The first-order valence-corrected chi connectivity index (χ1v) is 10.7. The van der Waals surface area contributed by atoms with E-state index in [1.54, 1.807) is 30.6 Å². The number of benzene rings is 2. The number of halogens is 1. The van der Waals surface area contributed by atoms with Gasteiger partial charge in [0.1, 0.15) is 16.6 Å². The Morgan fingerprint density at radius 1 is 1.17 bits per heavy atom. The third-order valence-corrected chi connectivity index (χ3v) is 6.39. The van der Waals surface area contributed by atoms with Crippen molar-refractivity contribution in [2.24, 2.45) is 0 Å². The van der Waals surface area contributed by atoms with Crippen LogP contribution in [0.1, 0.15) is 29.3 Å². The fourth-order valence-corrected chi connectivity index (χ4v) is 4.59. The summed E-state index contributed by atoms with van der Waals surface area (Å²) in [5.41, 5.74) is 1.82. The largest absolute Gasteiger partial charge is 0.496 e. The van der Waals surface area contributed by atoms with E-state index in [1.165, 1.54) is 12.1 Å². The first kappa shape index (κ1) is 20.3. The molecule has 1 N–H and O–H groups in total. The monoisotopic (exact) mass is 426 g/mol. The zero-order valence-corrected chi connectivity index (χ0v) is 17.5. The highest BCUT2D eigenvalue weighted by Crippen LogP contribution is 2.36. The van der Waals surface area contributed by atoms with Crippen molar-refractivity contribution in [1.82, 2.24) is 20.4 Å². The average molecular weight is 427 g/mol.